The van der Waals surface area contributed by atoms with Crippen molar-refractivity contribution in [3.05, 3.63) is 0 Å². The summed E-state index contributed by atoms with van der Waals surface area (Å²) >= 11 is 0. The SMILES string of the molecule is CN=C(NCCCN1CCCC(C(N)=O)C1)NC(C)(C)C. The van der Waals surface area contributed by atoms with Gasteiger partial charge in [0.05, 0.1) is 5.92 Å². The standard InChI is InChI=1S/C15H31N5O/c1-15(2,3)19-14(17-4)18-8-6-10-20-9-5-7-12(11-20)13(16)21/h12H,5-11H2,1-4H3,(H2,16,21)(H2,17,18,19). The summed E-state index contributed by atoms with van der Waals surface area (Å²) < 4.78 is 0. The summed E-state index contributed by atoms with van der Waals surface area (Å²) in [6.45, 7) is 10.1. The van der Waals surface area contributed by atoms with Gasteiger partial charge >= 0.3 is 0 Å². The minimum absolute atomic E-state index is 0.00339. The zero-order valence-electron chi connectivity index (χ0n) is 13.9. The Morgan fingerprint density at radius 1 is 1.43 bits per heavy atom. The van der Waals surface area contributed by atoms with Crippen molar-refractivity contribution in [2.45, 2.75) is 45.6 Å². The molecule has 1 fully saturated rings. The number of nitrogens with two attached hydrogens (primary N) is 1. The van der Waals surface area contributed by atoms with Crippen molar-refractivity contribution < 1.29 is 4.79 Å². The van der Waals surface area contributed by atoms with E-state index in [1.807, 2.05) is 0 Å². The molecule has 0 aromatic heterocycles. The van der Waals surface area contributed by atoms with E-state index in [1.165, 1.54) is 0 Å². The van der Waals surface area contributed by atoms with Gasteiger partial charge in [-0.1, -0.05) is 0 Å². The van der Waals surface area contributed by atoms with Crippen LogP contribution >= 0.6 is 0 Å². The quantitative estimate of drug-likeness (QED) is 0.393. The molecule has 1 aliphatic heterocycles. The first kappa shape index (κ1) is 17.8. The van der Waals surface area contributed by atoms with E-state index in [-0.39, 0.29) is 17.4 Å². The number of guanidine groups is 1. The fourth-order valence-corrected chi connectivity index (χ4v) is 2.53. The van der Waals surface area contributed by atoms with Crippen molar-refractivity contribution in [3.8, 4) is 0 Å². The van der Waals surface area contributed by atoms with Crippen molar-refractivity contribution in [2.24, 2.45) is 16.6 Å². The second kappa shape index (κ2) is 8.22. The van der Waals surface area contributed by atoms with Crippen LogP contribution in [0.3, 0.4) is 0 Å². The lowest BCUT2D eigenvalue weighted by molar-refractivity contribution is -0.123. The number of hydrogen-bond acceptors (Lipinski definition) is 3. The molecule has 0 saturated carbocycles. The molecule has 1 atom stereocenters. The van der Waals surface area contributed by atoms with Crippen LogP contribution in [0.25, 0.3) is 0 Å². The van der Waals surface area contributed by atoms with E-state index in [2.05, 4.69) is 41.3 Å². The van der Waals surface area contributed by atoms with Crippen molar-refractivity contribution in [1.29, 1.82) is 0 Å². The first-order chi connectivity index (χ1) is 9.81. The molecule has 1 heterocycles. The third-order valence-corrected chi connectivity index (χ3v) is 3.57. The molecule has 21 heavy (non-hydrogen) atoms. The number of aliphatic imine (C=N–C) groups is 1. The summed E-state index contributed by atoms with van der Waals surface area (Å²) in [6.07, 6.45) is 3.02. The highest BCUT2D eigenvalue weighted by Gasteiger charge is 2.23. The Balaban J connectivity index is 2.23. The molecule has 0 spiro atoms. The highest BCUT2D eigenvalue weighted by Crippen LogP contribution is 2.15. The van der Waals surface area contributed by atoms with Crippen molar-refractivity contribution >= 4 is 11.9 Å². The van der Waals surface area contributed by atoms with Crippen molar-refractivity contribution in [1.82, 2.24) is 15.5 Å². The molecular formula is C15H31N5O. The summed E-state index contributed by atoms with van der Waals surface area (Å²) in [4.78, 5) is 17.8. The van der Waals surface area contributed by atoms with Gasteiger partial charge in [-0.15, -0.1) is 0 Å². The Bertz CT molecular complexity index is 362. The zero-order valence-corrected chi connectivity index (χ0v) is 13.9. The lowest BCUT2D eigenvalue weighted by Crippen LogP contribution is -2.48. The highest BCUT2D eigenvalue weighted by atomic mass is 16.1. The maximum absolute atomic E-state index is 11.3. The van der Waals surface area contributed by atoms with Gasteiger partial charge in [-0.05, 0) is 53.1 Å². The predicted octanol–water partition coefficient (Wildman–Crippen LogP) is 0.537. The molecule has 1 saturated heterocycles. The number of nitrogens with one attached hydrogen (secondary N) is 2. The zero-order chi connectivity index (χ0) is 15.9. The maximum atomic E-state index is 11.3. The molecule has 4 N–H and O–H groups in total. The lowest BCUT2D eigenvalue weighted by Gasteiger charge is -2.31. The summed E-state index contributed by atoms with van der Waals surface area (Å²) in [5.74, 6) is 0.700. The molecule has 6 nitrogen and oxygen atoms in total. The van der Waals surface area contributed by atoms with Gasteiger partial charge < -0.3 is 21.3 Å². The molecule has 1 unspecified atom stereocenters. The topological polar surface area (TPSA) is 82.8 Å². The second-order valence-corrected chi connectivity index (χ2v) is 6.77. The number of nitrogens with zero attached hydrogens (tertiary/aromatic N) is 2. The van der Waals surface area contributed by atoms with Crippen LogP contribution in [0.1, 0.15) is 40.0 Å². The van der Waals surface area contributed by atoms with Gasteiger partial charge in [0.2, 0.25) is 5.91 Å². The van der Waals surface area contributed by atoms with E-state index < -0.39 is 0 Å². The van der Waals surface area contributed by atoms with Crippen LogP contribution in [-0.2, 0) is 4.79 Å². The van der Waals surface area contributed by atoms with Gasteiger partial charge in [0, 0.05) is 25.7 Å². The van der Waals surface area contributed by atoms with E-state index in [0.29, 0.717) is 0 Å². The van der Waals surface area contributed by atoms with Gasteiger partial charge in [0.25, 0.3) is 0 Å². The number of piperidine rings is 1. The average Bonchev–Trinajstić information content (AvgIpc) is 2.41. The molecule has 0 aliphatic carbocycles. The Morgan fingerprint density at radius 2 is 2.14 bits per heavy atom. The molecule has 0 bridgehead atoms. The van der Waals surface area contributed by atoms with E-state index in [4.69, 9.17) is 5.73 Å². The molecule has 122 valence electrons. The first-order valence-electron chi connectivity index (χ1n) is 7.82. The Kier molecular flexibility index (Phi) is 6.95. The molecular weight excluding hydrogens is 266 g/mol. The number of carbonyl (C=O) groups excluding carboxylic acids is 1. The molecule has 0 radical (unpaired) electrons. The summed E-state index contributed by atoms with van der Waals surface area (Å²) in [5, 5.41) is 6.65. The Labute approximate surface area is 128 Å². The minimum Gasteiger partial charge on any atom is -0.369 e. The van der Waals surface area contributed by atoms with Crippen LogP contribution < -0.4 is 16.4 Å². The number of likely N-dealkylation sites (tertiary alicyclic amines) is 1. The predicted molar refractivity (Wildman–Crippen MR) is 87.2 cm³/mol. The van der Waals surface area contributed by atoms with Gasteiger partial charge in [-0.3, -0.25) is 9.79 Å². The van der Waals surface area contributed by atoms with E-state index >= 15 is 0 Å². The van der Waals surface area contributed by atoms with Crippen LogP contribution in [0.2, 0.25) is 0 Å². The molecule has 0 aromatic carbocycles. The second-order valence-electron chi connectivity index (χ2n) is 6.77. The molecule has 6 heteroatoms. The van der Waals surface area contributed by atoms with E-state index in [1.54, 1.807) is 7.05 Å². The smallest absolute Gasteiger partial charge is 0.221 e. The average molecular weight is 297 g/mol. The fraction of sp³-hybridized carbons (Fsp3) is 0.867. The number of rotatable bonds is 5. The van der Waals surface area contributed by atoms with E-state index in [0.717, 1.165) is 51.4 Å². The number of amides is 1. The van der Waals surface area contributed by atoms with Crippen LogP contribution in [-0.4, -0.2) is 55.5 Å². The van der Waals surface area contributed by atoms with Gasteiger partial charge in [0.15, 0.2) is 5.96 Å². The third kappa shape index (κ3) is 7.32. The van der Waals surface area contributed by atoms with Crippen molar-refractivity contribution in [3.63, 3.8) is 0 Å². The van der Waals surface area contributed by atoms with E-state index in [9.17, 15) is 4.79 Å². The number of primary amides is 1. The summed E-state index contributed by atoms with van der Waals surface area (Å²) in [5.41, 5.74) is 5.40. The van der Waals surface area contributed by atoms with Crippen LogP contribution in [0.5, 0.6) is 0 Å². The maximum Gasteiger partial charge on any atom is 0.221 e. The molecule has 0 aromatic rings. The molecule has 1 amide bonds. The molecule has 1 aliphatic rings. The van der Waals surface area contributed by atoms with Gasteiger partial charge in [0.1, 0.15) is 0 Å². The van der Waals surface area contributed by atoms with Gasteiger partial charge in [-0.2, -0.15) is 0 Å². The third-order valence-electron chi connectivity index (χ3n) is 3.57. The van der Waals surface area contributed by atoms with Crippen LogP contribution in [0, 0.1) is 5.92 Å². The van der Waals surface area contributed by atoms with Crippen molar-refractivity contribution in [2.75, 3.05) is 33.2 Å². The monoisotopic (exact) mass is 297 g/mol. The first-order valence-corrected chi connectivity index (χ1v) is 7.82. The summed E-state index contributed by atoms with van der Waals surface area (Å²) in [6, 6.07) is 0. The lowest BCUT2D eigenvalue weighted by atomic mass is 9.97. The summed E-state index contributed by atoms with van der Waals surface area (Å²) in [7, 11) is 1.78. The molecule has 1 rings (SSSR count). The number of hydrogen-bond donors (Lipinski definition) is 3. The van der Waals surface area contributed by atoms with Crippen LogP contribution in [0.4, 0.5) is 0 Å². The fourth-order valence-electron chi connectivity index (χ4n) is 2.53. The number of carbonyl (C=O) groups is 1. The van der Waals surface area contributed by atoms with Gasteiger partial charge in [-0.25, -0.2) is 0 Å². The largest absolute Gasteiger partial charge is 0.369 e. The minimum atomic E-state index is -0.160. The Morgan fingerprint density at radius 3 is 2.71 bits per heavy atom. The normalized spacial score (nSPS) is 21.1. The Hall–Kier alpha value is -1.30. The highest BCUT2D eigenvalue weighted by molar-refractivity contribution is 5.80. The van der Waals surface area contributed by atoms with Crippen LogP contribution in [0.15, 0.2) is 4.99 Å².